The molecule has 1 nitrogen and oxygen atoms in total. The number of nitrogens with zero attached hydrogens (tertiary/aromatic N) is 1. The Hall–Kier alpha value is -1.76. The van der Waals surface area contributed by atoms with E-state index in [1.54, 1.807) is 0 Å². The van der Waals surface area contributed by atoms with Crippen molar-refractivity contribution in [2.45, 2.75) is 6.92 Å². The minimum Gasteiger partial charge on any atom is -0.344 e. The van der Waals surface area contributed by atoms with Gasteiger partial charge in [-0.25, -0.2) is 0 Å². The predicted molar refractivity (Wildman–Crippen MR) is 67.7 cm³/mol. The van der Waals surface area contributed by atoms with E-state index in [1.807, 2.05) is 13.0 Å². The first-order valence-electron chi connectivity index (χ1n) is 5.12. The van der Waals surface area contributed by atoms with Crippen LogP contribution < -0.4 is 0 Å². The van der Waals surface area contributed by atoms with Gasteiger partial charge < -0.3 is 4.57 Å². The fraction of sp³-hybridized carbons (Fsp3) is 0.143. The van der Waals surface area contributed by atoms with Crippen LogP contribution in [0.15, 0.2) is 36.9 Å². The van der Waals surface area contributed by atoms with Gasteiger partial charge in [0.25, 0.3) is 0 Å². The molecule has 0 aliphatic heterocycles. The van der Waals surface area contributed by atoms with Gasteiger partial charge >= 0.3 is 0 Å². The maximum absolute atomic E-state index is 3.89. The topological polar surface area (TPSA) is 4.93 Å². The summed E-state index contributed by atoms with van der Waals surface area (Å²) in [6.45, 7) is 5.92. The molecule has 1 aromatic heterocycles. The first-order chi connectivity index (χ1) is 7.29. The normalized spacial score (nSPS) is 11.3. The van der Waals surface area contributed by atoms with E-state index in [0.29, 0.717) is 0 Å². The number of fused-ring (bicyclic) bond motifs is 1. The van der Waals surface area contributed by atoms with Gasteiger partial charge in [0, 0.05) is 29.2 Å². The summed E-state index contributed by atoms with van der Waals surface area (Å²) in [4.78, 5) is 0. The summed E-state index contributed by atoms with van der Waals surface area (Å²) in [5, 5.41) is 1.27. The van der Waals surface area contributed by atoms with Crippen molar-refractivity contribution in [3.05, 3.63) is 48.2 Å². The van der Waals surface area contributed by atoms with Crippen molar-refractivity contribution in [2.24, 2.45) is 7.05 Å². The predicted octanol–water partition coefficient (Wildman–Crippen LogP) is 3.85. The molecule has 15 heavy (non-hydrogen) atoms. The number of hydrogen-bond acceptors (Lipinski definition) is 0. The quantitative estimate of drug-likeness (QED) is 0.689. The van der Waals surface area contributed by atoms with Crippen molar-refractivity contribution in [3.63, 3.8) is 0 Å². The Morgan fingerprint density at radius 2 is 2.00 bits per heavy atom. The van der Waals surface area contributed by atoms with Gasteiger partial charge in [-0.05, 0) is 19.1 Å². The maximum Gasteiger partial charge on any atom is 0.0488 e. The minimum absolute atomic E-state index is 1.21. The third kappa shape index (κ3) is 1.40. The Kier molecular flexibility index (Phi) is 2.46. The van der Waals surface area contributed by atoms with Crippen LogP contribution in [0.25, 0.3) is 23.1 Å². The van der Waals surface area contributed by atoms with E-state index in [1.165, 1.54) is 22.2 Å². The molecule has 1 heteroatoms. The second-order valence-corrected chi connectivity index (χ2v) is 3.58. The van der Waals surface area contributed by atoms with Crippen molar-refractivity contribution in [2.75, 3.05) is 0 Å². The lowest BCUT2D eigenvalue weighted by atomic mass is 10.1. The smallest absolute Gasteiger partial charge is 0.0488 e. The molecule has 0 N–H and O–H groups in total. The highest BCUT2D eigenvalue weighted by molar-refractivity contribution is 5.93. The molecule has 2 aromatic rings. The van der Waals surface area contributed by atoms with Crippen molar-refractivity contribution < 1.29 is 0 Å². The molecule has 1 heterocycles. The first kappa shape index (κ1) is 9.78. The lowest BCUT2D eigenvalue weighted by molar-refractivity contribution is 0.953. The zero-order valence-corrected chi connectivity index (χ0v) is 9.20. The van der Waals surface area contributed by atoms with Crippen LogP contribution in [-0.4, -0.2) is 4.57 Å². The summed E-state index contributed by atoms with van der Waals surface area (Å²) >= 11 is 0. The van der Waals surface area contributed by atoms with Gasteiger partial charge in [0.2, 0.25) is 0 Å². The van der Waals surface area contributed by atoms with Crippen molar-refractivity contribution in [3.8, 4) is 0 Å². The third-order valence-electron chi connectivity index (χ3n) is 2.72. The molecule has 0 bridgehead atoms. The average molecular weight is 197 g/mol. The molecule has 0 aliphatic carbocycles. The molecule has 0 aliphatic rings. The Morgan fingerprint density at radius 3 is 2.67 bits per heavy atom. The van der Waals surface area contributed by atoms with E-state index in [9.17, 15) is 0 Å². The van der Waals surface area contributed by atoms with Crippen molar-refractivity contribution in [1.29, 1.82) is 0 Å². The molecule has 0 unspecified atom stereocenters. The van der Waals surface area contributed by atoms with Crippen LogP contribution >= 0.6 is 0 Å². The van der Waals surface area contributed by atoms with Gasteiger partial charge in [-0.3, -0.25) is 0 Å². The molecule has 2 rings (SSSR count). The second-order valence-electron chi connectivity index (χ2n) is 3.58. The molecule has 0 atom stereocenters. The molecule has 0 amide bonds. The Morgan fingerprint density at radius 1 is 1.27 bits per heavy atom. The average Bonchev–Trinajstić information content (AvgIpc) is 2.54. The van der Waals surface area contributed by atoms with E-state index in [-0.39, 0.29) is 0 Å². The zero-order valence-electron chi connectivity index (χ0n) is 9.20. The molecule has 0 spiro atoms. The number of aromatic nitrogens is 1. The van der Waals surface area contributed by atoms with Crippen LogP contribution in [0.2, 0.25) is 0 Å². The maximum atomic E-state index is 3.89. The lowest BCUT2D eigenvalue weighted by Crippen LogP contribution is -1.90. The van der Waals surface area contributed by atoms with Gasteiger partial charge in [0.1, 0.15) is 0 Å². The molecular weight excluding hydrogens is 182 g/mol. The highest BCUT2D eigenvalue weighted by Gasteiger charge is 2.08. The molecule has 0 radical (unpaired) electrons. The highest BCUT2D eigenvalue weighted by Crippen LogP contribution is 2.26. The number of aryl methyl sites for hydroxylation is 1. The molecule has 1 aromatic carbocycles. The molecule has 76 valence electrons. The van der Waals surface area contributed by atoms with Crippen LogP contribution in [0.4, 0.5) is 0 Å². The monoisotopic (exact) mass is 197 g/mol. The third-order valence-corrected chi connectivity index (χ3v) is 2.72. The van der Waals surface area contributed by atoms with Gasteiger partial charge in [-0.2, -0.15) is 0 Å². The summed E-state index contributed by atoms with van der Waals surface area (Å²) in [5.41, 5.74) is 3.68. The highest BCUT2D eigenvalue weighted by atomic mass is 14.9. The van der Waals surface area contributed by atoms with Crippen molar-refractivity contribution >= 4 is 23.1 Å². The Labute approximate surface area is 90.3 Å². The minimum atomic E-state index is 1.21. The largest absolute Gasteiger partial charge is 0.344 e. The van der Waals surface area contributed by atoms with Crippen LogP contribution in [0.3, 0.4) is 0 Å². The van der Waals surface area contributed by atoms with E-state index < -0.39 is 0 Å². The van der Waals surface area contributed by atoms with E-state index >= 15 is 0 Å². The van der Waals surface area contributed by atoms with E-state index in [2.05, 4.69) is 54.6 Å². The summed E-state index contributed by atoms with van der Waals surface area (Å²) in [6, 6.07) is 8.40. The summed E-state index contributed by atoms with van der Waals surface area (Å²) in [7, 11) is 2.09. The number of allylic oxidation sites excluding steroid dienone is 1. The Bertz CT molecular complexity index is 530. The van der Waals surface area contributed by atoms with Crippen molar-refractivity contribution in [1.82, 2.24) is 4.57 Å². The lowest BCUT2D eigenvalue weighted by Gasteiger charge is -1.98. The van der Waals surface area contributed by atoms with Crippen LogP contribution in [-0.2, 0) is 7.05 Å². The summed E-state index contributed by atoms with van der Waals surface area (Å²) in [6.07, 6.45) is 6.11. The number of rotatable bonds is 2. The number of para-hydroxylation sites is 1. The fourth-order valence-corrected chi connectivity index (χ4v) is 2.02. The summed E-state index contributed by atoms with van der Waals surface area (Å²) in [5.74, 6) is 0. The van der Waals surface area contributed by atoms with Gasteiger partial charge in [0.05, 0.1) is 0 Å². The zero-order chi connectivity index (χ0) is 10.8. The van der Waals surface area contributed by atoms with Gasteiger partial charge in [-0.1, -0.05) is 36.9 Å². The molecular formula is C14H15N. The van der Waals surface area contributed by atoms with Gasteiger partial charge in [0.15, 0.2) is 0 Å². The number of hydrogen-bond donors (Lipinski definition) is 0. The van der Waals surface area contributed by atoms with Crippen LogP contribution in [0.1, 0.15) is 18.2 Å². The Balaban J connectivity index is 2.89. The summed E-state index contributed by atoms with van der Waals surface area (Å²) < 4.78 is 2.20. The van der Waals surface area contributed by atoms with E-state index in [4.69, 9.17) is 0 Å². The fourth-order valence-electron chi connectivity index (χ4n) is 2.02. The van der Waals surface area contributed by atoms with E-state index in [0.717, 1.165) is 0 Å². The molecule has 0 saturated heterocycles. The number of benzene rings is 1. The standard InChI is InChI=1S/C14H15N/c1-4-8-13-11(5-2)12-9-6-7-10-14(12)15(13)3/h4-10H,2H2,1,3H3/b8-4-. The molecule has 0 saturated carbocycles. The first-order valence-corrected chi connectivity index (χ1v) is 5.12. The second kappa shape index (κ2) is 3.77. The SMILES string of the molecule is C=Cc1c(/C=C\C)n(C)c2ccccc12. The van der Waals surface area contributed by atoms with Crippen LogP contribution in [0, 0.1) is 0 Å². The molecule has 0 fully saturated rings. The van der Waals surface area contributed by atoms with Crippen LogP contribution in [0.5, 0.6) is 0 Å². The van der Waals surface area contributed by atoms with Gasteiger partial charge in [-0.15, -0.1) is 0 Å².